The van der Waals surface area contributed by atoms with Gasteiger partial charge >= 0.3 is 6.03 Å². The molecule has 2 aromatic rings. The Bertz CT molecular complexity index is 1310. The van der Waals surface area contributed by atoms with Crippen LogP contribution >= 0.6 is 0 Å². The smallest absolute Gasteiger partial charge is 0.331 e. The van der Waals surface area contributed by atoms with Crippen LogP contribution in [0.5, 0.6) is 11.5 Å². The molecule has 0 saturated carbocycles. The van der Waals surface area contributed by atoms with E-state index in [9.17, 15) is 27.3 Å². The van der Waals surface area contributed by atoms with Crippen molar-refractivity contribution in [3.05, 3.63) is 48.5 Å². The van der Waals surface area contributed by atoms with Crippen LogP contribution in [0.15, 0.2) is 53.4 Å². The molecule has 0 unspecified atom stereocenters. The van der Waals surface area contributed by atoms with Crippen LogP contribution in [0.4, 0.5) is 15.0 Å². The van der Waals surface area contributed by atoms with Crippen LogP contribution in [0.1, 0.15) is 26.2 Å². The van der Waals surface area contributed by atoms with E-state index >= 15 is 0 Å². The first kappa shape index (κ1) is 28.3. The lowest BCUT2D eigenvalue weighted by atomic mass is 9.98. The largest absolute Gasteiger partial charge is 0.494 e. The maximum atomic E-state index is 13.3. The molecule has 2 aromatic carbocycles. The maximum absolute atomic E-state index is 13.3. The molecule has 0 aromatic heterocycles. The lowest BCUT2D eigenvalue weighted by Crippen LogP contribution is -2.54. The predicted molar refractivity (Wildman–Crippen MR) is 134 cm³/mol. The third-order valence-electron chi connectivity index (χ3n) is 6.91. The van der Waals surface area contributed by atoms with Crippen molar-refractivity contribution in [2.45, 2.75) is 41.9 Å². The Kier molecular flexibility index (Phi) is 8.37. The zero-order chi connectivity index (χ0) is 28.2. The van der Waals surface area contributed by atoms with Gasteiger partial charge in [-0.2, -0.15) is 0 Å². The van der Waals surface area contributed by atoms with Gasteiger partial charge in [0.2, 0.25) is 0 Å². The minimum absolute atomic E-state index is 0.0252. The molecule has 14 heteroatoms. The Balaban J connectivity index is 1.35. The molecule has 12 nitrogen and oxygen atoms in total. The summed E-state index contributed by atoms with van der Waals surface area (Å²) in [6.07, 6.45) is 0.120. The molecule has 0 radical (unpaired) electrons. The highest BCUT2D eigenvalue weighted by atomic mass is 32.2. The number of carbonyl (C=O) groups excluding carboxylic acids is 3. The Morgan fingerprint density at radius 2 is 1.72 bits per heavy atom. The molecule has 0 spiro atoms. The summed E-state index contributed by atoms with van der Waals surface area (Å²) in [4.78, 5) is 43.9. The molecule has 0 aliphatic carbocycles. The van der Waals surface area contributed by atoms with Crippen LogP contribution in [0.3, 0.4) is 0 Å². The van der Waals surface area contributed by atoms with Gasteiger partial charge in [-0.05, 0) is 74.7 Å². The van der Waals surface area contributed by atoms with Gasteiger partial charge in [-0.25, -0.2) is 18.7 Å². The second-order valence-corrected chi connectivity index (χ2v) is 11.4. The van der Waals surface area contributed by atoms with Crippen molar-refractivity contribution in [3.8, 4) is 11.5 Å². The Morgan fingerprint density at radius 1 is 1.10 bits per heavy atom. The summed E-state index contributed by atoms with van der Waals surface area (Å²) in [5, 5.41) is 9.15. The van der Waals surface area contributed by atoms with Gasteiger partial charge in [0.1, 0.15) is 11.8 Å². The second-order valence-electron chi connectivity index (χ2n) is 9.11. The average Bonchev–Trinajstić information content (AvgIpc) is 3.18. The number of rotatable bonds is 10. The van der Waals surface area contributed by atoms with Crippen LogP contribution in [0.25, 0.3) is 0 Å². The van der Waals surface area contributed by atoms with E-state index in [0.717, 1.165) is 4.90 Å². The molecule has 2 aliphatic rings. The van der Waals surface area contributed by atoms with Gasteiger partial charge in [0.05, 0.1) is 11.5 Å². The molecular weight excluding hydrogens is 537 g/mol. The van der Waals surface area contributed by atoms with E-state index in [1.807, 2.05) is 0 Å². The van der Waals surface area contributed by atoms with E-state index < -0.39 is 32.6 Å². The first-order chi connectivity index (χ1) is 18.7. The summed E-state index contributed by atoms with van der Waals surface area (Å²) in [5.41, 5.74) is 1.90. The number of benzene rings is 2. The van der Waals surface area contributed by atoms with Crippen LogP contribution in [0, 0.1) is 0 Å². The molecule has 2 fully saturated rings. The lowest BCUT2D eigenvalue weighted by molar-refractivity contribution is -0.134. The van der Waals surface area contributed by atoms with Gasteiger partial charge in [0.15, 0.2) is 20.3 Å². The molecule has 210 valence electrons. The van der Waals surface area contributed by atoms with Crippen LogP contribution < -0.4 is 20.1 Å². The SMILES string of the molecule is C[C@@H]1C(=O)N(CCCOc2ccc(S(=O)(=O)C3(C(=O)NO)CCOCC3)cc2)C(=O)N1c1ccc(OF)cc1. The molecule has 4 rings (SSSR count). The minimum Gasteiger partial charge on any atom is -0.494 e. The van der Waals surface area contributed by atoms with Crippen LogP contribution in [-0.2, 0) is 24.2 Å². The first-order valence-electron chi connectivity index (χ1n) is 12.2. The van der Waals surface area contributed by atoms with Gasteiger partial charge in [-0.1, -0.05) is 0 Å². The van der Waals surface area contributed by atoms with E-state index in [1.165, 1.54) is 58.9 Å². The maximum Gasteiger partial charge on any atom is 0.331 e. The zero-order valence-electron chi connectivity index (χ0n) is 21.0. The molecule has 2 aliphatic heterocycles. The third kappa shape index (κ3) is 5.27. The number of amides is 4. The Morgan fingerprint density at radius 3 is 2.31 bits per heavy atom. The fraction of sp³-hybridized carbons (Fsp3) is 0.400. The molecule has 0 bridgehead atoms. The standard InChI is InChI=1S/C25H28FN3O9S/c1-17-22(30)28(24(32)29(17)18-3-5-20(38-26)6-4-18)13-2-14-37-19-7-9-21(10-8-19)39(34,35)25(23(31)27-33)11-15-36-16-12-25/h3-10,17,33H,2,11-16H2,1H3,(H,27,31)/t17-/m1/s1. The highest BCUT2D eigenvalue weighted by molar-refractivity contribution is 7.93. The van der Waals surface area contributed by atoms with Crippen molar-refractivity contribution < 1.29 is 46.9 Å². The van der Waals surface area contributed by atoms with Gasteiger partial charge in [0, 0.05) is 30.0 Å². The fourth-order valence-electron chi connectivity index (χ4n) is 4.70. The van der Waals surface area contributed by atoms with E-state index in [4.69, 9.17) is 14.7 Å². The van der Waals surface area contributed by atoms with Gasteiger partial charge < -0.3 is 9.47 Å². The quantitative estimate of drug-likeness (QED) is 0.191. The number of sulfone groups is 1. The number of nitrogens with zero attached hydrogens (tertiary/aromatic N) is 2. The average molecular weight is 566 g/mol. The zero-order valence-corrected chi connectivity index (χ0v) is 21.9. The number of nitrogens with one attached hydrogen (secondary N) is 1. The number of hydrogen-bond donors (Lipinski definition) is 2. The molecule has 4 amide bonds. The topological polar surface area (TPSA) is 152 Å². The molecule has 2 N–H and O–H groups in total. The lowest BCUT2D eigenvalue weighted by Gasteiger charge is -2.34. The van der Waals surface area contributed by atoms with Gasteiger partial charge in [-0.15, -0.1) is 0 Å². The van der Waals surface area contributed by atoms with Crippen molar-refractivity contribution in [3.63, 3.8) is 0 Å². The highest BCUT2D eigenvalue weighted by Crippen LogP contribution is 2.36. The number of hydrogen-bond acceptors (Lipinski definition) is 9. The number of imide groups is 1. The molecule has 2 saturated heterocycles. The summed E-state index contributed by atoms with van der Waals surface area (Å²) >= 11 is 0. The fourth-order valence-corrected chi connectivity index (χ4v) is 6.64. The molecule has 39 heavy (non-hydrogen) atoms. The number of halogens is 1. The molecular formula is C25H28FN3O9S. The van der Waals surface area contributed by atoms with Crippen molar-refractivity contribution in [1.29, 1.82) is 0 Å². The molecule has 2 heterocycles. The predicted octanol–water partition coefficient (Wildman–Crippen LogP) is 2.40. The van der Waals surface area contributed by atoms with E-state index in [1.54, 1.807) is 6.92 Å². The number of hydroxylamine groups is 1. The van der Waals surface area contributed by atoms with Crippen molar-refractivity contribution in [2.75, 3.05) is 31.3 Å². The van der Waals surface area contributed by atoms with Crippen molar-refractivity contribution >= 4 is 33.4 Å². The van der Waals surface area contributed by atoms with Crippen LogP contribution in [-0.4, -0.2) is 73.5 Å². The van der Waals surface area contributed by atoms with E-state index in [-0.39, 0.29) is 55.8 Å². The number of anilines is 1. The Labute approximate surface area is 224 Å². The number of ether oxygens (including phenoxy) is 2. The normalized spacial score (nSPS) is 19.2. The van der Waals surface area contributed by atoms with Crippen LogP contribution in [0.2, 0.25) is 0 Å². The van der Waals surface area contributed by atoms with Crippen molar-refractivity contribution in [2.24, 2.45) is 0 Å². The monoisotopic (exact) mass is 565 g/mol. The summed E-state index contributed by atoms with van der Waals surface area (Å²) in [7, 11) is -4.16. The number of carbonyl (C=O) groups is 3. The van der Waals surface area contributed by atoms with Crippen molar-refractivity contribution in [1.82, 2.24) is 10.4 Å². The third-order valence-corrected chi connectivity index (χ3v) is 9.43. The van der Waals surface area contributed by atoms with Gasteiger partial charge in [-0.3, -0.25) is 29.5 Å². The molecule has 1 atom stereocenters. The first-order valence-corrected chi connectivity index (χ1v) is 13.7. The van der Waals surface area contributed by atoms with E-state index in [0.29, 0.717) is 17.9 Å². The second kappa shape index (κ2) is 11.6. The van der Waals surface area contributed by atoms with Gasteiger partial charge in [0.25, 0.3) is 11.8 Å². The summed E-state index contributed by atoms with van der Waals surface area (Å²) < 4.78 is 48.0. The summed E-state index contributed by atoms with van der Waals surface area (Å²) in [5.74, 6) is -1.06. The Hall–Kier alpha value is -3.75. The minimum atomic E-state index is -4.16. The number of urea groups is 1. The summed E-state index contributed by atoms with van der Waals surface area (Å²) in [6, 6.07) is 9.92. The summed E-state index contributed by atoms with van der Waals surface area (Å²) in [6.45, 7) is 1.95. The highest BCUT2D eigenvalue weighted by Gasteiger charge is 2.52. The van der Waals surface area contributed by atoms with E-state index in [2.05, 4.69) is 4.94 Å².